The van der Waals surface area contributed by atoms with Crippen molar-refractivity contribution in [1.82, 2.24) is 0 Å². The van der Waals surface area contributed by atoms with Gasteiger partial charge in [-0.2, -0.15) is 5.26 Å². The Morgan fingerprint density at radius 2 is 1.78 bits per heavy atom. The highest BCUT2D eigenvalue weighted by Crippen LogP contribution is 2.72. The molecule has 0 unspecified atom stereocenters. The van der Waals surface area contributed by atoms with Gasteiger partial charge in [-0.25, -0.2) is 0 Å². The molecule has 2 aliphatic rings. The maximum Gasteiger partial charge on any atom is 0.269 e. The maximum absolute atomic E-state index is 10.9. The molecule has 4 heteroatoms. The predicted molar refractivity (Wildman–Crippen MR) is 88.7 cm³/mol. The third-order valence-corrected chi connectivity index (χ3v) is 5.57. The van der Waals surface area contributed by atoms with E-state index in [4.69, 9.17) is 0 Å². The third kappa shape index (κ3) is 1.96. The van der Waals surface area contributed by atoms with Crippen molar-refractivity contribution in [3.05, 3.63) is 63.2 Å². The number of allylic oxidation sites excluding steroid dienone is 4. The van der Waals surface area contributed by atoms with Gasteiger partial charge >= 0.3 is 0 Å². The zero-order valence-corrected chi connectivity index (χ0v) is 13.8. The smallest absolute Gasteiger partial charge is 0.258 e. The van der Waals surface area contributed by atoms with E-state index in [1.54, 1.807) is 12.1 Å². The van der Waals surface area contributed by atoms with Gasteiger partial charge in [-0.05, 0) is 26.3 Å². The van der Waals surface area contributed by atoms with Crippen molar-refractivity contribution in [2.75, 3.05) is 0 Å². The lowest BCUT2D eigenvalue weighted by Gasteiger charge is -2.64. The van der Waals surface area contributed by atoms with Crippen LogP contribution in [-0.4, -0.2) is 4.92 Å². The molecule has 4 atom stereocenters. The van der Waals surface area contributed by atoms with Gasteiger partial charge in [-0.3, -0.25) is 10.1 Å². The predicted octanol–water partition coefficient (Wildman–Crippen LogP) is 4.75. The first-order valence-electron chi connectivity index (χ1n) is 7.77. The Morgan fingerprint density at radius 3 is 2.30 bits per heavy atom. The molecule has 0 radical (unpaired) electrons. The Hall–Kier alpha value is -2.41. The van der Waals surface area contributed by atoms with Crippen molar-refractivity contribution in [3.8, 4) is 6.07 Å². The van der Waals surface area contributed by atoms with Gasteiger partial charge in [0.15, 0.2) is 0 Å². The number of hydrogen-bond donors (Lipinski definition) is 0. The molecule has 3 rings (SSSR count). The van der Waals surface area contributed by atoms with Crippen molar-refractivity contribution < 1.29 is 4.92 Å². The lowest BCUT2D eigenvalue weighted by Crippen LogP contribution is -2.60. The van der Waals surface area contributed by atoms with E-state index in [1.807, 2.05) is 6.92 Å². The largest absolute Gasteiger partial charge is 0.269 e. The molecule has 118 valence electrons. The van der Waals surface area contributed by atoms with Gasteiger partial charge in [-0.1, -0.05) is 42.4 Å². The summed E-state index contributed by atoms with van der Waals surface area (Å²) in [5, 5.41) is 20.7. The summed E-state index contributed by atoms with van der Waals surface area (Å²) in [5.41, 5.74) is 2.92. The summed E-state index contributed by atoms with van der Waals surface area (Å²) >= 11 is 0. The normalized spacial score (nSPS) is 35.3. The number of rotatable bonds is 2. The topological polar surface area (TPSA) is 66.9 Å². The summed E-state index contributed by atoms with van der Waals surface area (Å²) in [4.78, 5) is 10.5. The molecule has 0 N–H and O–H groups in total. The van der Waals surface area contributed by atoms with E-state index in [1.165, 1.54) is 23.3 Å². The monoisotopic (exact) mass is 308 g/mol. The van der Waals surface area contributed by atoms with Crippen LogP contribution in [0.1, 0.15) is 39.2 Å². The van der Waals surface area contributed by atoms with Crippen molar-refractivity contribution in [2.45, 2.75) is 33.6 Å². The van der Waals surface area contributed by atoms with Crippen LogP contribution in [0.2, 0.25) is 0 Å². The number of nitrogens with zero attached hydrogens (tertiary/aromatic N) is 2. The number of benzene rings is 1. The lowest BCUT2D eigenvalue weighted by molar-refractivity contribution is -0.384. The van der Waals surface area contributed by atoms with Crippen molar-refractivity contribution >= 4 is 5.69 Å². The minimum absolute atomic E-state index is 0.0319. The van der Waals surface area contributed by atoms with Gasteiger partial charge in [0.05, 0.1) is 16.4 Å². The summed E-state index contributed by atoms with van der Waals surface area (Å²) in [7, 11) is 0. The van der Waals surface area contributed by atoms with E-state index in [2.05, 4.69) is 39.0 Å². The van der Waals surface area contributed by atoms with Crippen molar-refractivity contribution in [2.24, 2.45) is 16.7 Å². The van der Waals surface area contributed by atoms with Crippen LogP contribution in [0.4, 0.5) is 5.69 Å². The van der Waals surface area contributed by atoms with Crippen LogP contribution in [0.3, 0.4) is 0 Å². The molecule has 0 aromatic heterocycles. The van der Waals surface area contributed by atoms with E-state index in [0.29, 0.717) is 0 Å². The molecule has 1 saturated carbocycles. The molecule has 0 saturated heterocycles. The highest BCUT2D eigenvalue weighted by atomic mass is 16.6. The number of non-ortho nitro benzene ring substituents is 1. The molecule has 0 spiro atoms. The zero-order valence-electron chi connectivity index (χ0n) is 13.8. The molecular weight excluding hydrogens is 288 g/mol. The Kier molecular flexibility index (Phi) is 3.23. The summed E-state index contributed by atoms with van der Waals surface area (Å²) in [5.74, 6) is 0.216. The average molecular weight is 308 g/mol. The number of nitro benzene ring substituents is 1. The second-order valence-corrected chi connectivity index (χ2v) is 7.25. The van der Waals surface area contributed by atoms with Crippen LogP contribution >= 0.6 is 0 Å². The van der Waals surface area contributed by atoms with E-state index >= 15 is 0 Å². The summed E-state index contributed by atoms with van der Waals surface area (Å²) in [6, 6.07) is 9.20. The van der Waals surface area contributed by atoms with Gasteiger partial charge in [-0.15, -0.1) is 0 Å². The third-order valence-electron chi connectivity index (χ3n) is 5.57. The Bertz CT molecular complexity index is 785. The minimum Gasteiger partial charge on any atom is -0.258 e. The lowest BCUT2D eigenvalue weighted by atomic mass is 9.36. The molecule has 1 aromatic rings. The van der Waals surface area contributed by atoms with Crippen LogP contribution < -0.4 is 0 Å². The molecule has 0 bridgehead atoms. The van der Waals surface area contributed by atoms with E-state index in [9.17, 15) is 15.4 Å². The number of nitriles is 1. The van der Waals surface area contributed by atoms with Gasteiger partial charge in [0.1, 0.15) is 0 Å². The molecule has 2 aliphatic carbocycles. The second kappa shape index (κ2) is 4.79. The highest BCUT2D eigenvalue weighted by Gasteiger charge is 2.67. The Morgan fingerprint density at radius 1 is 1.17 bits per heavy atom. The van der Waals surface area contributed by atoms with Gasteiger partial charge in [0.2, 0.25) is 0 Å². The quantitative estimate of drug-likeness (QED) is 0.585. The van der Waals surface area contributed by atoms with Crippen LogP contribution in [0, 0.1) is 38.2 Å². The number of nitro groups is 1. The zero-order chi connectivity index (χ0) is 17.0. The summed E-state index contributed by atoms with van der Waals surface area (Å²) in [6.45, 7) is 8.39. The van der Waals surface area contributed by atoms with E-state index < -0.39 is 10.3 Å². The van der Waals surface area contributed by atoms with Crippen LogP contribution in [0.5, 0.6) is 0 Å². The van der Waals surface area contributed by atoms with Gasteiger partial charge in [0.25, 0.3) is 5.69 Å². The molecule has 0 aliphatic heterocycles. The molecule has 0 heterocycles. The minimum atomic E-state index is -0.497. The van der Waals surface area contributed by atoms with E-state index in [-0.39, 0.29) is 22.9 Å². The van der Waals surface area contributed by atoms with E-state index in [0.717, 1.165) is 5.56 Å². The first-order valence-corrected chi connectivity index (χ1v) is 7.77. The van der Waals surface area contributed by atoms with Crippen LogP contribution in [0.15, 0.2) is 47.6 Å². The highest BCUT2D eigenvalue weighted by molar-refractivity contribution is 5.49. The molecule has 1 fully saturated rings. The fourth-order valence-corrected chi connectivity index (χ4v) is 5.26. The maximum atomic E-state index is 10.9. The second-order valence-electron chi connectivity index (χ2n) is 7.25. The van der Waals surface area contributed by atoms with Crippen LogP contribution in [-0.2, 0) is 0 Å². The molecule has 23 heavy (non-hydrogen) atoms. The van der Waals surface area contributed by atoms with Gasteiger partial charge in [0, 0.05) is 29.4 Å². The fraction of sp³-hybridized carbons (Fsp3) is 0.421. The fourth-order valence-electron chi connectivity index (χ4n) is 5.26. The van der Waals surface area contributed by atoms with Crippen molar-refractivity contribution in [1.29, 1.82) is 5.26 Å². The SMILES string of the molecule is CC1=C[C@]2(C)[C@H](C(C)=C1)[C@@](C)(C#N)[C@@H]2c1ccc([N+](=O)[O-])cc1. The summed E-state index contributed by atoms with van der Waals surface area (Å²) < 4.78 is 0. The first kappa shape index (κ1) is 15.5. The van der Waals surface area contributed by atoms with Crippen molar-refractivity contribution in [3.63, 3.8) is 0 Å². The van der Waals surface area contributed by atoms with Gasteiger partial charge < -0.3 is 0 Å². The molecule has 4 nitrogen and oxygen atoms in total. The first-order chi connectivity index (χ1) is 10.7. The van der Waals surface area contributed by atoms with Crippen LogP contribution in [0.25, 0.3) is 0 Å². The standard InChI is InChI=1S/C19H20N2O2/c1-12-9-13(2)16-18(3,10-12)17(19(16,4)11-20)14-5-7-15(8-6-14)21(22)23/h5-10,16-17H,1-4H3/t16-,17+,18+,19+/m0/s1. The molecule has 0 amide bonds. The number of fused-ring (bicyclic) bond motifs is 1. The molecule has 1 aromatic carbocycles. The Labute approximate surface area is 136 Å². The molecular formula is C19H20N2O2. The Balaban J connectivity index is 2.09. The number of hydrogen-bond acceptors (Lipinski definition) is 3. The average Bonchev–Trinajstić information content (AvgIpc) is 2.45. The summed E-state index contributed by atoms with van der Waals surface area (Å²) in [6.07, 6.45) is 4.42.